The first-order chi connectivity index (χ1) is 16.1. The van der Waals surface area contributed by atoms with Gasteiger partial charge in [0.2, 0.25) is 0 Å². The lowest BCUT2D eigenvalue weighted by Gasteiger charge is -2.50. The van der Waals surface area contributed by atoms with Crippen molar-refractivity contribution < 1.29 is 4.74 Å². The zero-order valence-electron chi connectivity index (χ0n) is 20.9. The molecule has 2 nitrogen and oxygen atoms in total. The lowest BCUT2D eigenvalue weighted by atomic mass is 9.61. The second kappa shape index (κ2) is 10.7. The molecule has 0 radical (unpaired) electrons. The van der Waals surface area contributed by atoms with Crippen molar-refractivity contribution in [2.45, 2.75) is 78.5 Å². The van der Waals surface area contributed by atoms with E-state index in [1.165, 1.54) is 54.0 Å². The van der Waals surface area contributed by atoms with Crippen LogP contribution in [0, 0.1) is 17.8 Å². The molecule has 0 aliphatic heterocycles. The van der Waals surface area contributed by atoms with Gasteiger partial charge in [-0.3, -0.25) is 0 Å². The van der Waals surface area contributed by atoms with Crippen LogP contribution < -0.4 is 10.1 Å². The summed E-state index contributed by atoms with van der Waals surface area (Å²) in [5.41, 5.74) is 2.90. The summed E-state index contributed by atoms with van der Waals surface area (Å²) in [6.07, 6.45) is 6.89. The van der Waals surface area contributed by atoms with Crippen molar-refractivity contribution in [3.05, 3.63) is 77.9 Å². The first kappa shape index (κ1) is 23.8. The maximum absolute atomic E-state index is 6.06. The van der Waals surface area contributed by atoms with Gasteiger partial charge in [-0.05, 0) is 90.0 Å². The summed E-state index contributed by atoms with van der Waals surface area (Å²) >= 11 is 0. The van der Waals surface area contributed by atoms with Crippen LogP contribution in [-0.4, -0.2) is 5.54 Å². The molecule has 2 atom stereocenters. The molecule has 0 amide bonds. The van der Waals surface area contributed by atoms with Gasteiger partial charge < -0.3 is 10.1 Å². The maximum Gasteiger partial charge on any atom is 0.119 e. The Labute approximate surface area is 200 Å². The monoisotopic (exact) mass is 443 g/mol. The molecule has 2 heteroatoms. The minimum absolute atomic E-state index is 0.352. The van der Waals surface area contributed by atoms with Crippen LogP contribution in [0.2, 0.25) is 0 Å². The molecule has 5 rings (SSSR count). The topological polar surface area (TPSA) is 21.3 Å². The van der Waals surface area contributed by atoms with E-state index < -0.39 is 0 Å². The number of ether oxygens (including phenoxy) is 1. The molecule has 0 heterocycles. The van der Waals surface area contributed by atoms with Crippen LogP contribution in [0.5, 0.6) is 5.75 Å². The van der Waals surface area contributed by atoms with Crippen molar-refractivity contribution in [1.82, 2.24) is 5.32 Å². The highest BCUT2D eigenvalue weighted by atomic mass is 16.5. The van der Waals surface area contributed by atoms with E-state index in [1.54, 1.807) is 0 Å². The molecule has 0 spiro atoms. The molecule has 2 saturated carbocycles. The van der Waals surface area contributed by atoms with Crippen molar-refractivity contribution in [2.75, 3.05) is 0 Å². The van der Waals surface area contributed by atoms with Crippen LogP contribution in [0.1, 0.15) is 70.9 Å². The largest absolute Gasteiger partial charge is 0.489 e. The molecule has 3 aromatic rings. The third-order valence-corrected chi connectivity index (χ3v) is 7.44. The summed E-state index contributed by atoms with van der Waals surface area (Å²) < 4.78 is 6.06. The summed E-state index contributed by atoms with van der Waals surface area (Å²) in [5, 5.41) is 6.53. The molecule has 2 aliphatic carbocycles. The van der Waals surface area contributed by atoms with E-state index in [2.05, 4.69) is 85.9 Å². The van der Waals surface area contributed by atoms with E-state index in [0.717, 1.165) is 30.0 Å². The molecular weight excluding hydrogens is 402 g/mol. The van der Waals surface area contributed by atoms with E-state index in [1.807, 2.05) is 13.8 Å². The van der Waals surface area contributed by atoms with Gasteiger partial charge in [-0.1, -0.05) is 76.2 Å². The smallest absolute Gasteiger partial charge is 0.119 e. The van der Waals surface area contributed by atoms with Crippen LogP contribution in [0.15, 0.2) is 66.7 Å². The number of nitrogens with one attached hydrogen (secondary N) is 1. The van der Waals surface area contributed by atoms with Gasteiger partial charge in [0.25, 0.3) is 0 Å². The van der Waals surface area contributed by atoms with Gasteiger partial charge in [0.15, 0.2) is 0 Å². The molecular formula is C31H41NO. The molecule has 2 aliphatic rings. The van der Waals surface area contributed by atoms with Gasteiger partial charge in [-0.15, -0.1) is 0 Å². The molecule has 2 unspecified atom stereocenters. The molecule has 0 aromatic heterocycles. The first-order valence-corrected chi connectivity index (χ1v) is 13.0. The Hall–Kier alpha value is -2.32. The van der Waals surface area contributed by atoms with Gasteiger partial charge in [0, 0.05) is 12.1 Å². The Morgan fingerprint density at radius 3 is 2.12 bits per heavy atom. The van der Waals surface area contributed by atoms with Gasteiger partial charge in [-0.2, -0.15) is 0 Å². The van der Waals surface area contributed by atoms with Gasteiger partial charge in [-0.25, -0.2) is 0 Å². The van der Waals surface area contributed by atoms with Crippen LogP contribution >= 0.6 is 0 Å². The third-order valence-electron chi connectivity index (χ3n) is 7.44. The number of rotatable bonds is 6. The highest BCUT2D eigenvalue weighted by Gasteiger charge is 2.43. The Bertz CT molecular complexity index is 1010. The van der Waals surface area contributed by atoms with E-state index in [4.69, 9.17) is 4.74 Å². The lowest BCUT2D eigenvalue weighted by Crippen LogP contribution is -2.54. The Balaban J connectivity index is 0.00000126. The number of fused-ring (bicyclic) bond motifs is 3. The van der Waals surface area contributed by atoms with Gasteiger partial charge in [0.1, 0.15) is 12.4 Å². The van der Waals surface area contributed by atoms with Crippen molar-refractivity contribution in [2.24, 2.45) is 17.8 Å². The highest BCUT2D eigenvalue weighted by Crippen LogP contribution is 2.47. The maximum atomic E-state index is 6.06. The van der Waals surface area contributed by atoms with Crippen LogP contribution in [0.4, 0.5) is 0 Å². The second-order valence-electron chi connectivity index (χ2n) is 10.4. The highest BCUT2D eigenvalue weighted by molar-refractivity contribution is 5.82. The quantitative estimate of drug-likeness (QED) is 0.415. The molecule has 2 fully saturated rings. The Morgan fingerprint density at radius 1 is 0.788 bits per heavy atom. The summed E-state index contributed by atoms with van der Waals surface area (Å²) in [6.45, 7) is 10.4. The zero-order chi connectivity index (χ0) is 23.3. The molecule has 176 valence electrons. The molecule has 0 saturated heterocycles. The zero-order valence-corrected chi connectivity index (χ0v) is 20.9. The number of benzene rings is 3. The van der Waals surface area contributed by atoms with E-state index in [9.17, 15) is 0 Å². The molecule has 2 bridgehead atoms. The van der Waals surface area contributed by atoms with Crippen molar-refractivity contribution in [3.63, 3.8) is 0 Å². The number of hydrogen-bond acceptors (Lipinski definition) is 2. The average Bonchev–Trinajstić information content (AvgIpc) is 2.82. The summed E-state index contributed by atoms with van der Waals surface area (Å²) in [5.74, 6) is 3.56. The van der Waals surface area contributed by atoms with E-state index in [-0.39, 0.29) is 0 Å². The SMILES string of the molecule is CC.CC1CC2CC(C)CC(NCc3ccc(OCc4ccc5ccccc5c4)cc3)(C1)C2. The van der Waals surface area contributed by atoms with E-state index in [0.29, 0.717) is 12.1 Å². The van der Waals surface area contributed by atoms with Gasteiger partial charge in [0.05, 0.1) is 0 Å². The minimum atomic E-state index is 0.352. The number of hydrogen-bond donors (Lipinski definition) is 1. The summed E-state index contributed by atoms with van der Waals surface area (Å²) in [7, 11) is 0. The fourth-order valence-corrected chi connectivity index (χ4v) is 6.41. The Morgan fingerprint density at radius 2 is 1.42 bits per heavy atom. The molecule has 3 aromatic carbocycles. The van der Waals surface area contributed by atoms with Crippen molar-refractivity contribution in [1.29, 1.82) is 0 Å². The third kappa shape index (κ3) is 5.98. The Kier molecular flexibility index (Phi) is 7.75. The normalized spacial score (nSPS) is 26.4. The minimum Gasteiger partial charge on any atom is -0.489 e. The second-order valence-corrected chi connectivity index (χ2v) is 10.4. The standard InChI is InChI=1S/C29H35NO.C2H6/c1-21-13-25-14-22(2)17-29(16-21,18-25)30-19-23-8-11-28(12-9-23)31-20-24-7-10-26-5-3-4-6-27(26)15-24;1-2/h3-12,15,21-22,25,30H,13-14,16-20H2,1-2H3;1-2H3. The predicted octanol–water partition coefficient (Wildman–Crippen LogP) is 8.14. The van der Waals surface area contributed by atoms with Crippen LogP contribution in [-0.2, 0) is 13.2 Å². The molecule has 1 N–H and O–H groups in total. The van der Waals surface area contributed by atoms with Crippen LogP contribution in [0.25, 0.3) is 10.8 Å². The van der Waals surface area contributed by atoms with Crippen LogP contribution in [0.3, 0.4) is 0 Å². The fraction of sp³-hybridized carbons (Fsp3) is 0.484. The lowest BCUT2D eigenvalue weighted by molar-refractivity contribution is 0.0542. The fourth-order valence-electron chi connectivity index (χ4n) is 6.41. The van der Waals surface area contributed by atoms with E-state index >= 15 is 0 Å². The molecule has 33 heavy (non-hydrogen) atoms. The summed E-state index contributed by atoms with van der Waals surface area (Å²) in [6, 6.07) is 23.7. The summed E-state index contributed by atoms with van der Waals surface area (Å²) in [4.78, 5) is 0. The predicted molar refractivity (Wildman–Crippen MR) is 141 cm³/mol. The van der Waals surface area contributed by atoms with Gasteiger partial charge >= 0.3 is 0 Å². The first-order valence-electron chi connectivity index (χ1n) is 13.0. The average molecular weight is 444 g/mol. The van der Waals surface area contributed by atoms with Crippen molar-refractivity contribution >= 4 is 10.8 Å². The van der Waals surface area contributed by atoms with Crippen molar-refractivity contribution in [3.8, 4) is 5.75 Å².